The largest absolute Gasteiger partial charge is 0.508 e. The SMILES string of the molecule is O=C1O[C@@H](c2ccccc2)[C@@H](c2ccccc2)N2[C@@H](c3ccc(O)cc3)[C@]3(C(=O)Nc4ccc(C#CC5=CCCCC5)cc43)[C@@H](C(=O)Nc3nc4ccccc4s3)[C@H]12. The average Bonchev–Trinajstić information content (AvgIpc) is 3.91. The number of phenols is 1. The van der Waals surface area contributed by atoms with Crippen LogP contribution in [0.15, 0.2) is 139 Å². The fourth-order valence-corrected chi connectivity index (χ4v) is 10.4. The van der Waals surface area contributed by atoms with Crippen LogP contribution in [0, 0.1) is 17.8 Å². The normalized spacial score (nSPS) is 24.9. The Morgan fingerprint density at radius 3 is 2.33 bits per heavy atom. The van der Waals surface area contributed by atoms with Crippen LogP contribution in [0.5, 0.6) is 5.75 Å². The second-order valence-corrected chi connectivity index (χ2v) is 16.3. The van der Waals surface area contributed by atoms with Crippen molar-refractivity contribution in [1.82, 2.24) is 9.88 Å². The van der Waals surface area contributed by atoms with E-state index in [1.807, 2.05) is 108 Å². The molecule has 6 atom stereocenters. The second kappa shape index (κ2) is 14.4. The van der Waals surface area contributed by atoms with Crippen molar-refractivity contribution in [3.8, 4) is 17.6 Å². The van der Waals surface area contributed by atoms with E-state index in [4.69, 9.17) is 9.72 Å². The Morgan fingerprint density at radius 2 is 1.59 bits per heavy atom. The number of morpholine rings is 1. The number of rotatable bonds is 5. The van der Waals surface area contributed by atoms with Gasteiger partial charge in [0.15, 0.2) is 5.13 Å². The predicted octanol–water partition coefficient (Wildman–Crippen LogP) is 8.76. The number of nitrogens with one attached hydrogen (secondary N) is 2. The third-order valence-corrected chi connectivity index (χ3v) is 12.9. The Kier molecular flexibility index (Phi) is 8.92. The molecule has 286 valence electrons. The van der Waals surface area contributed by atoms with Crippen molar-refractivity contribution >= 4 is 50.2 Å². The Labute approximate surface area is 339 Å². The number of esters is 1. The van der Waals surface area contributed by atoms with E-state index in [2.05, 4.69) is 28.6 Å². The lowest BCUT2D eigenvalue weighted by Gasteiger charge is -2.46. The molecule has 0 unspecified atom stereocenters. The van der Waals surface area contributed by atoms with Crippen LogP contribution in [0.3, 0.4) is 0 Å². The minimum atomic E-state index is -1.68. The van der Waals surface area contributed by atoms with Crippen LogP contribution in [0.1, 0.15) is 71.7 Å². The number of cyclic esters (lactones) is 1. The lowest BCUT2D eigenvalue weighted by atomic mass is 9.65. The Morgan fingerprint density at radius 1 is 0.845 bits per heavy atom. The third-order valence-electron chi connectivity index (χ3n) is 12.0. The molecule has 2 saturated heterocycles. The van der Waals surface area contributed by atoms with Crippen molar-refractivity contribution in [2.45, 2.75) is 55.3 Å². The van der Waals surface area contributed by atoms with Gasteiger partial charge in [-0.3, -0.25) is 19.3 Å². The quantitative estimate of drug-likeness (QED) is 0.118. The molecule has 2 amide bonds. The summed E-state index contributed by atoms with van der Waals surface area (Å²) in [5.41, 5.74) is 4.18. The van der Waals surface area contributed by atoms with Gasteiger partial charge in [-0.1, -0.05) is 114 Å². The van der Waals surface area contributed by atoms with Gasteiger partial charge in [0.2, 0.25) is 11.8 Å². The highest BCUT2D eigenvalue weighted by atomic mass is 32.1. The molecule has 1 spiro atoms. The van der Waals surface area contributed by atoms with Gasteiger partial charge in [-0.05, 0) is 96.0 Å². The molecule has 9 nitrogen and oxygen atoms in total. The van der Waals surface area contributed by atoms with Crippen LogP contribution in [0.25, 0.3) is 10.2 Å². The van der Waals surface area contributed by atoms with Crippen molar-refractivity contribution in [3.05, 3.63) is 167 Å². The first-order valence-corrected chi connectivity index (χ1v) is 20.4. The number of phenolic OH excluding ortho intramolecular Hbond substituents is 1. The monoisotopic (exact) mass is 782 g/mol. The summed E-state index contributed by atoms with van der Waals surface area (Å²) in [5, 5.41) is 17.1. The number of carbonyl (C=O) groups excluding carboxylic acids is 3. The summed E-state index contributed by atoms with van der Waals surface area (Å²) >= 11 is 1.32. The number of thiazole rings is 1. The molecule has 5 aromatic carbocycles. The number of para-hydroxylation sites is 1. The topological polar surface area (TPSA) is 121 Å². The standard InChI is InChI=1S/C48H38N4O5S/c53-34-25-23-33(24-26-34)43-48(35-28-30(22-27-36(35)49-46(48)56)21-20-29-12-4-1-5-13-29)39(44(54)51-47-50-37-18-10-11-19-38(37)58-47)41-45(55)57-42(32-16-8-3-9-17-32)40(52(41)43)31-14-6-2-7-15-31/h2-3,6-12,14-19,22-28,39-43,53H,1,4-5,13H2,(H,49,56)(H,50,51,54)/t39-,40-,41-,42+,43+,48-/m1/s1. The van der Waals surface area contributed by atoms with Gasteiger partial charge >= 0.3 is 5.97 Å². The highest BCUT2D eigenvalue weighted by Gasteiger charge is 2.74. The molecule has 4 aliphatic rings. The van der Waals surface area contributed by atoms with Crippen LogP contribution < -0.4 is 10.6 Å². The lowest BCUT2D eigenvalue weighted by molar-refractivity contribution is -0.177. The Bertz CT molecular complexity index is 2650. The summed E-state index contributed by atoms with van der Waals surface area (Å²) < 4.78 is 7.40. The minimum Gasteiger partial charge on any atom is -0.508 e. The zero-order chi connectivity index (χ0) is 39.4. The fraction of sp³-hybridized carbons (Fsp3) is 0.208. The first-order chi connectivity index (χ1) is 28.4. The van der Waals surface area contributed by atoms with Gasteiger partial charge < -0.3 is 20.5 Å². The van der Waals surface area contributed by atoms with Gasteiger partial charge in [-0.2, -0.15) is 0 Å². The van der Waals surface area contributed by atoms with Crippen LogP contribution in [0.4, 0.5) is 10.8 Å². The molecule has 3 N–H and O–H groups in total. The molecule has 0 radical (unpaired) electrons. The molecule has 0 bridgehead atoms. The summed E-state index contributed by atoms with van der Waals surface area (Å²) in [7, 11) is 0. The molecule has 4 heterocycles. The number of anilines is 2. The summed E-state index contributed by atoms with van der Waals surface area (Å²) in [6.45, 7) is 0. The Balaban J connectivity index is 1.23. The molecule has 1 aliphatic carbocycles. The number of hydrogen-bond acceptors (Lipinski definition) is 8. The minimum absolute atomic E-state index is 0.0446. The molecule has 10 rings (SSSR count). The third kappa shape index (κ3) is 5.89. The smallest absolute Gasteiger partial charge is 0.324 e. The molecular formula is C48H38N4O5S. The van der Waals surface area contributed by atoms with E-state index in [9.17, 15) is 5.11 Å². The van der Waals surface area contributed by atoms with E-state index in [1.54, 1.807) is 24.3 Å². The molecule has 10 heteroatoms. The van der Waals surface area contributed by atoms with E-state index in [0.29, 0.717) is 27.5 Å². The molecular weight excluding hydrogens is 745 g/mol. The number of benzene rings is 5. The van der Waals surface area contributed by atoms with Gasteiger partial charge in [-0.15, -0.1) is 0 Å². The summed E-state index contributed by atoms with van der Waals surface area (Å²) in [6.07, 6.45) is 5.55. The van der Waals surface area contributed by atoms with Crippen molar-refractivity contribution in [2.75, 3.05) is 10.6 Å². The van der Waals surface area contributed by atoms with Gasteiger partial charge in [0.05, 0.1) is 28.2 Å². The molecule has 1 aromatic heterocycles. The maximum absolute atomic E-state index is 15.4. The zero-order valence-electron chi connectivity index (χ0n) is 31.3. The van der Waals surface area contributed by atoms with E-state index in [-0.39, 0.29) is 5.75 Å². The summed E-state index contributed by atoms with van der Waals surface area (Å²) in [6, 6.07) is 36.5. The fourth-order valence-electron chi connectivity index (χ4n) is 9.54. The molecule has 0 saturated carbocycles. The number of ether oxygens (including phenoxy) is 1. The van der Waals surface area contributed by atoms with E-state index in [1.165, 1.54) is 11.3 Å². The van der Waals surface area contributed by atoms with Crippen LogP contribution in [-0.4, -0.2) is 38.8 Å². The highest BCUT2D eigenvalue weighted by molar-refractivity contribution is 7.22. The van der Waals surface area contributed by atoms with E-state index in [0.717, 1.165) is 52.6 Å². The van der Waals surface area contributed by atoms with Gasteiger partial charge in [-0.25, -0.2) is 4.98 Å². The van der Waals surface area contributed by atoms with E-state index < -0.39 is 53.3 Å². The van der Waals surface area contributed by atoms with Gasteiger partial charge in [0.25, 0.3) is 0 Å². The summed E-state index contributed by atoms with van der Waals surface area (Å²) in [5.74, 6) is 3.88. The first-order valence-electron chi connectivity index (χ1n) is 19.6. The number of hydrogen-bond donors (Lipinski definition) is 3. The van der Waals surface area contributed by atoms with Crippen molar-refractivity contribution in [2.24, 2.45) is 5.92 Å². The molecule has 3 aliphatic heterocycles. The van der Waals surface area contributed by atoms with Gasteiger partial charge in [0, 0.05) is 11.3 Å². The van der Waals surface area contributed by atoms with Crippen molar-refractivity contribution in [1.29, 1.82) is 0 Å². The first kappa shape index (κ1) is 35.8. The maximum Gasteiger partial charge on any atom is 0.324 e. The number of aromatic hydroxyl groups is 1. The zero-order valence-corrected chi connectivity index (χ0v) is 32.1. The van der Waals surface area contributed by atoms with Gasteiger partial charge in [0.1, 0.15) is 23.3 Å². The number of amides is 2. The molecule has 6 aromatic rings. The number of carbonyl (C=O) groups is 3. The lowest BCUT2D eigenvalue weighted by Crippen LogP contribution is -2.53. The van der Waals surface area contributed by atoms with Crippen LogP contribution >= 0.6 is 11.3 Å². The van der Waals surface area contributed by atoms with Crippen LogP contribution in [0.2, 0.25) is 0 Å². The number of nitrogens with zero attached hydrogens (tertiary/aromatic N) is 2. The van der Waals surface area contributed by atoms with Crippen molar-refractivity contribution < 1.29 is 24.2 Å². The average molecular weight is 783 g/mol. The molecule has 58 heavy (non-hydrogen) atoms. The molecule has 2 fully saturated rings. The van der Waals surface area contributed by atoms with Crippen molar-refractivity contribution in [3.63, 3.8) is 0 Å². The maximum atomic E-state index is 15.4. The Hall–Kier alpha value is -6.54. The second-order valence-electron chi connectivity index (χ2n) is 15.3. The highest BCUT2D eigenvalue weighted by Crippen LogP contribution is 2.65. The number of aromatic nitrogens is 1. The van der Waals surface area contributed by atoms with Crippen LogP contribution in [-0.2, 0) is 24.5 Å². The predicted molar refractivity (Wildman–Crippen MR) is 223 cm³/mol. The summed E-state index contributed by atoms with van der Waals surface area (Å²) in [4.78, 5) is 52.6. The van der Waals surface area contributed by atoms with E-state index >= 15 is 14.4 Å². The number of fused-ring (bicyclic) bond motifs is 4. The number of allylic oxidation sites excluding steroid dienone is 2.